The van der Waals surface area contributed by atoms with Gasteiger partial charge in [-0.2, -0.15) is 5.21 Å². The number of nitrogens with two attached hydrogens (primary N) is 1. The fourth-order valence-corrected chi connectivity index (χ4v) is 1.12. The Morgan fingerprint density at radius 3 is 2.86 bits per heavy atom. The number of rotatable bonds is 2. The first kappa shape index (κ1) is 10.6. The average Bonchev–Trinajstić information content (AvgIpc) is 2.71. The van der Waals surface area contributed by atoms with Crippen LogP contribution in [-0.4, -0.2) is 20.6 Å². The van der Waals surface area contributed by atoms with Gasteiger partial charge in [0.25, 0.3) is 0 Å². The minimum Gasteiger partial charge on any atom is -0.326 e. The van der Waals surface area contributed by atoms with E-state index in [1.54, 1.807) is 0 Å². The third-order valence-corrected chi connectivity index (χ3v) is 1.77. The van der Waals surface area contributed by atoms with Crippen LogP contribution in [0.25, 0.3) is 11.4 Å². The van der Waals surface area contributed by atoms with Crippen LogP contribution in [0.1, 0.15) is 5.56 Å². The first-order valence-corrected chi connectivity index (χ1v) is 3.93. The average molecular weight is 212 g/mol. The van der Waals surface area contributed by atoms with E-state index in [1.807, 2.05) is 24.3 Å². The maximum Gasteiger partial charge on any atom is 0.204 e. The van der Waals surface area contributed by atoms with E-state index in [1.165, 1.54) is 0 Å². The molecule has 0 aliphatic rings. The van der Waals surface area contributed by atoms with Crippen LogP contribution in [0.5, 0.6) is 0 Å². The van der Waals surface area contributed by atoms with E-state index in [0.717, 1.165) is 11.1 Å². The van der Waals surface area contributed by atoms with Crippen molar-refractivity contribution < 1.29 is 0 Å². The van der Waals surface area contributed by atoms with Crippen molar-refractivity contribution in [1.29, 1.82) is 0 Å². The highest BCUT2D eigenvalue weighted by atomic mass is 35.5. The molecule has 0 radical (unpaired) electrons. The summed E-state index contributed by atoms with van der Waals surface area (Å²) in [7, 11) is 0. The first-order chi connectivity index (χ1) is 6.40. The number of H-pyrrole nitrogens is 1. The molecule has 0 aliphatic carbocycles. The summed E-state index contributed by atoms with van der Waals surface area (Å²) in [6.07, 6.45) is 0. The quantitative estimate of drug-likeness (QED) is 0.768. The van der Waals surface area contributed by atoms with E-state index in [2.05, 4.69) is 20.6 Å². The van der Waals surface area contributed by atoms with Crippen LogP contribution in [0.2, 0.25) is 0 Å². The summed E-state index contributed by atoms with van der Waals surface area (Å²) in [4.78, 5) is 0. The maximum absolute atomic E-state index is 5.51. The molecule has 2 aromatic rings. The number of aromatic nitrogens is 4. The van der Waals surface area contributed by atoms with Gasteiger partial charge in [0.15, 0.2) is 0 Å². The highest BCUT2D eigenvalue weighted by Gasteiger charge is 2.01. The molecule has 1 heterocycles. The van der Waals surface area contributed by atoms with E-state index in [-0.39, 0.29) is 12.4 Å². The number of nitrogens with one attached hydrogen (secondary N) is 1. The summed E-state index contributed by atoms with van der Waals surface area (Å²) < 4.78 is 0. The first-order valence-electron chi connectivity index (χ1n) is 3.93. The Labute approximate surface area is 87.1 Å². The van der Waals surface area contributed by atoms with Crippen molar-refractivity contribution >= 4 is 12.4 Å². The van der Waals surface area contributed by atoms with Crippen molar-refractivity contribution in [2.24, 2.45) is 5.73 Å². The van der Waals surface area contributed by atoms with Crippen LogP contribution >= 0.6 is 12.4 Å². The van der Waals surface area contributed by atoms with Gasteiger partial charge in [-0.15, -0.1) is 22.6 Å². The largest absolute Gasteiger partial charge is 0.326 e. The zero-order valence-corrected chi connectivity index (χ0v) is 8.16. The molecule has 0 atom stereocenters. The van der Waals surface area contributed by atoms with Gasteiger partial charge in [-0.25, -0.2) is 0 Å². The lowest BCUT2D eigenvalue weighted by atomic mass is 10.1. The minimum absolute atomic E-state index is 0. The Morgan fingerprint density at radius 2 is 2.21 bits per heavy atom. The number of halogens is 1. The number of hydrogen-bond acceptors (Lipinski definition) is 4. The summed E-state index contributed by atoms with van der Waals surface area (Å²) >= 11 is 0. The number of benzene rings is 1. The molecule has 6 heteroatoms. The van der Waals surface area contributed by atoms with Crippen molar-refractivity contribution in [1.82, 2.24) is 20.6 Å². The molecule has 0 saturated heterocycles. The van der Waals surface area contributed by atoms with E-state index in [4.69, 9.17) is 5.73 Å². The Bertz CT molecular complexity index is 386. The predicted octanol–water partition coefficient (Wildman–Crippen LogP) is 0.747. The van der Waals surface area contributed by atoms with E-state index in [0.29, 0.717) is 12.4 Å². The highest BCUT2D eigenvalue weighted by molar-refractivity contribution is 5.85. The lowest BCUT2D eigenvalue weighted by Crippen LogP contribution is -1.96. The van der Waals surface area contributed by atoms with Gasteiger partial charge in [0, 0.05) is 12.1 Å². The van der Waals surface area contributed by atoms with Crippen molar-refractivity contribution in [3.05, 3.63) is 29.8 Å². The standard InChI is InChI=1S/C8H9N5.ClH/c9-5-6-2-1-3-7(4-6)8-10-12-13-11-8;/h1-4H,5,9H2,(H,10,11,12,13);1H. The Morgan fingerprint density at radius 1 is 1.36 bits per heavy atom. The molecule has 1 aromatic carbocycles. The van der Waals surface area contributed by atoms with Crippen LogP contribution < -0.4 is 5.73 Å². The minimum atomic E-state index is 0. The van der Waals surface area contributed by atoms with Gasteiger partial charge in [-0.05, 0) is 16.8 Å². The third kappa shape index (κ3) is 2.07. The van der Waals surface area contributed by atoms with Gasteiger partial charge in [0.1, 0.15) is 0 Å². The molecule has 3 N–H and O–H groups in total. The fraction of sp³-hybridized carbons (Fsp3) is 0.125. The van der Waals surface area contributed by atoms with Crippen molar-refractivity contribution in [3.63, 3.8) is 0 Å². The number of tetrazole rings is 1. The Hall–Kier alpha value is -1.46. The Balaban J connectivity index is 0.000000980. The monoisotopic (exact) mass is 211 g/mol. The number of hydrogen-bond donors (Lipinski definition) is 2. The summed E-state index contributed by atoms with van der Waals surface area (Å²) in [5, 5.41) is 13.6. The summed E-state index contributed by atoms with van der Waals surface area (Å²) in [5.74, 6) is 0.593. The van der Waals surface area contributed by atoms with E-state index >= 15 is 0 Å². The molecule has 5 nitrogen and oxygen atoms in total. The molecular formula is C8H10ClN5. The normalized spacial score (nSPS) is 9.50. The molecule has 0 bridgehead atoms. The van der Waals surface area contributed by atoms with E-state index in [9.17, 15) is 0 Å². The SMILES string of the molecule is Cl.NCc1cccc(-c2nn[nH]n2)c1. The molecule has 1 aromatic heterocycles. The lowest BCUT2D eigenvalue weighted by molar-refractivity contribution is 0.881. The van der Waals surface area contributed by atoms with Crippen molar-refractivity contribution in [2.75, 3.05) is 0 Å². The molecular weight excluding hydrogens is 202 g/mol. The van der Waals surface area contributed by atoms with Crippen molar-refractivity contribution in [3.8, 4) is 11.4 Å². The van der Waals surface area contributed by atoms with Gasteiger partial charge in [-0.3, -0.25) is 0 Å². The zero-order valence-electron chi connectivity index (χ0n) is 7.34. The second-order valence-electron chi connectivity index (χ2n) is 2.64. The van der Waals surface area contributed by atoms with Gasteiger partial charge >= 0.3 is 0 Å². The van der Waals surface area contributed by atoms with Crippen LogP contribution in [0, 0.1) is 0 Å². The molecule has 2 rings (SSSR count). The highest BCUT2D eigenvalue weighted by Crippen LogP contribution is 2.14. The zero-order chi connectivity index (χ0) is 9.10. The van der Waals surface area contributed by atoms with Crippen LogP contribution in [-0.2, 0) is 6.54 Å². The molecule has 74 valence electrons. The second-order valence-corrected chi connectivity index (χ2v) is 2.64. The molecule has 0 unspecified atom stereocenters. The fourth-order valence-electron chi connectivity index (χ4n) is 1.12. The molecule has 0 aliphatic heterocycles. The van der Waals surface area contributed by atoms with Crippen LogP contribution in [0.15, 0.2) is 24.3 Å². The van der Waals surface area contributed by atoms with E-state index < -0.39 is 0 Å². The van der Waals surface area contributed by atoms with Gasteiger partial charge in [0.05, 0.1) is 0 Å². The maximum atomic E-state index is 5.51. The molecule has 0 spiro atoms. The number of nitrogens with zero attached hydrogens (tertiary/aromatic N) is 3. The molecule has 0 fully saturated rings. The number of aromatic amines is 1. The summed E-state index contributed by atoms with van der Waals surface area (Å²) in [6.45, 7) is 0.520. The van der Waals surface area contributed by atoms with Crippen LogP contribution in [0.3, 0.4) is 0 Å². The second kappa shape index (κ2) is 4.69. The molecule has 14 heavy (non-hydrogen) atoms. The summed E-state index contributed by atoms with van der Waals surface area (Å²) in [5.41, 5.74) is 7.49. The van der Waals surface area contributed by atoms with Crippen molar-refractivity contribution in [2.45, 2.75) is 6.54 Å². The topological polar surface area (TPSA) is 80.5 Å². The predicted molar refractivity (Wildman–Crippen MR) is 54.8 cm³/mol. The smallest absolute Gasteiger partial charge is 0.204 e. The Kier molecular flexibility index (Phi) is 3.55. The van der Waals surface area contributed by atoms with Gasteiger partial charge in [0.2, 0.25) is 5.82 Å². The van der Waals surface area contributed by atoms with Gasteiger partial charge in [-0.1, -0.05) is 18.2 Å². The lowest BCUT2D eigenvalue weighted by Gasteiger charge is -1.97. The molecule has 0 saturated carbocycles. The van der Waals surface area contributed by atoms with Gasteiger partial charge < -0.3 is 5.73 Å². The van der Waals surface area contributed by atoms with Crippen LogP contribution in [0.4, 0.5) is 0 Å². The third-order valence-electron chi connectivity index (χ3n) is 1.77. The summed E-state index contributed by atoms with van der Waals surface area (Å²) in [6, 6.07) is 7.76. The molecule has 0 amide bonds.